The first-order valence-electron chi connectivity index (χ1n) is 7.93. The molecule has 27 heavy (non-hydrogen) atoms. The number of para-hydroxylation sites is 2. The highest BCUT2D eigenvalue weighted by Gasteiger charge is 2.10. The van der Waals surface area contributed by atoms with Gasteiger partial charge in [0.1, 0.15) is 5.75 Å². The number of anilines is 4. The first-order chi connectivity index (χ1) is 13.2. The largest absolute Gasteiger partial charge is 0.495 e. The molecule has 2 aromatic carbocycles. The molecule has 0 atom stereocenters. The van der Waals surface area contributed by atoms with Gasteiger partial charge in [0.05, 0.1) is 18.5 Å². The molecular weight excluding hydrogens is 402 g/mol. The zero-order valence-electron chi connectivity index (χ0n) is 14.1. The van der Waals surface area contributed by atoms with Crippen LogP contribution in [0.25, 0.3) is 11.3 Å². The number of aromatic nitrogens is 3. The number of rotatable bonds is 6. The third-order valence-electron chi connectivity index (χ3n) is 3.63. The fourth-order valence-electron chi connectivity index (χ4n) is 2.36. The molecule has 136 valence electrons. The van der Waals surface area contributed by atoms with Gasteiger partial charge >= 0.3 is 0 Å². The van der Waals surface area contributed by atoms with Gasteiger partial charge in [0.15, 0.2) is 5.13 Å². The van der Waals surface area contributed by atoms with Crippen LogP contribution in [-0.4, -0.2) is 22.3 Å². The van der Waals surface area contributed by atoms with E-state index in [0.717, 1.165) is 27.8 Å². The third kappa shape index (κ3) is 4.19. The number of nitrogens with one attached hydrogen (secondary N) is 2. The van der Waals surface area contributed by atoms with Crippen molar-refractivity contribution in [3.63, 3.8) is 0 Å². The number of nitrogens with zero attached hydrogens (tertiary/aromatic N) is 3. The second-order valence-corrected chi connectivity index (χ2v) is 7.68. The van der Waals surface area contributed by atoms with Crippen LogP contribution in [0, 0.1) is 0 Å². The van der Waals surface area contributed by atoms with E-state index in [1.807, 2.05) is 53.9 Å². The molecule has 0 aliphatic heterocycles. The molecule has 0 radical (unpaired) electrons. The van der Waals surface area contributed by atoms with E-state index in [0.29, 0.717) is 15.3 Å². The van der Waals surface area contributed by atoms with Gasteiger partial charge in [0.2, 0.25) is 10.3 Å². The first-order valence-corrected chi connectivity index (χ1v) is 10.0. The zero-order chi connectivity index (χ0) is 18.6. The maximum atomic E-state index is 5.93. The van der Waals surface area contributed by atoms with Gasteiger partial charge < -0.3 is 15.4 Å². The molecular formula is C18H14ClN5OS2. The van der Waals surface area contributed by atoms with Crippen LogP contribution in [0.15, 0.2) is 53.9 Å². The number of hydrogen-bond acceptors (Lipinski definition) is 8. The van der Waals surface area contributed by atoms with Crippen molar-refractivity contribution in [3.8, 4) is 17.0 Å². The van der Waals surface area contributed by atoms with Crippen molar-refractivity contribution in [2.24, 2.45) is 0 Å². The monoisotopic (exact) mass is 415 g/mol. The Kier molecular flexibility index (Phi) is 5.19. The summed E-state index contributed by atoms with van der Waals surface area (Å²) in [6.45, 7) is 0. The molecule has 0 aliphatic rings. The molecule has 6 nitrogen and oxygen atoms in total. The van der Waals surface area contributed by atoms with Crippen LogP contribution in [0.4, 0.5) is 21.1 Å². The summed E-state index contributed by atoms with van der Waals surface area (Å²) in [4.78, 5) is 4.59. The van der Waals surface area contributed by atoms with Crippen molar-refractivity contribution in [1.29, 1.82) is 0 Å². The minimum absolute atomic E-state index is 0.657. The van der Waals surface area contributed by atoms with Gasteiger partial charge in [0.25, 0.3) is 0 Å². The van der Waals surface area contributed by atoms with Crippen molar-refractivity contribution in [2.45, 2.75) is 0 Å². The Morgan fingerprint density at radius 3 is 2.44 bits per heavy atom. The number of halogens is 1. The number of hydrogen-bond donors (Lipinski definition) is 2. The molecule has 0 amide bonds. The van der Waals surface area contributed by atoms with Gasteiger partial charge in [-0.1, -0.05) is 47.2 Å². The second-order valence-electron chi connectivity index (χ2n) is 5.41. The Labute approximate surface area is 168 Å². The zero-order valence-corrected chi connectivity index (χ0v) is 16.5. The lowest BCUT2D eigenvalue weighted by Gasteiger charge is -2.07. The Balaban J connectivity index is 1.46. The van der Waals surface area contributed by atoms with Crippen LogP contribution in [-0.2, 0) is 0 Å². The van der Waals surface area contributed by atoms with E-state index in [2.05, 4.69) is 25.8 Å². The molecule has 0 saturated carbocycles. The highest BCUT2D eigenvalue weighted by atomic mass is 35.5. The van der Waals surface area contributed by atoms with Gasteiger partial charge in [0, 0.05) is 16.0 Å². The van der Waals surface area contributed by atoms with Crippen LogP contribution in [0.1, 0.15) is 0 Å². The minimum Gasteiger partial charge on any atom is -0.495 e. The van der Waals surface area contributed by atoms with Crippen LogP contribution >= 0.6 is 34.3 Å². The van der Waals surface area contributed by atoms with Crippen molar-refractivity contribution in [1.82, 2.24) is 15.2 Å². The van der Waals surface area contributed by atoms with Crippen LogP contribution in [0.3, 0.4) is 0 Å². The van der Waals surface area contributed by atoms with Crippen LogP contribution in [0.5, 0.6) is 5.75 Å². The summed E-state index contributed by atoms with van der Waals surface area (Å²) in [6, 6.07) is 15.2. The first kappa shape index (κ1) is 17.7. The van der Waals surface area contributed by atoms with Crippen LogP contribution < -0.4 is 15.4 Å². The Bertz CT molecular complexity index is 1050. The maximum absolute atomic E-state index is 5.93. The average Bonchev–Trinajstić information content (AvgIpc) is 3.33. The number of methoxy groups -OCH3 is 1. The van der Waals surface area contributed by atoms with E-state index in [4.69, 9.17) is 16.3 Å². The van der Waals surface area contributed by atoms with Gasteiger partial charge in [-0.15, -0.1) is 21.5 Å². The summed E-state index contributed by atoms with van der Waals surface area (Å²) in [6.07, 6.45) is 0. The van der Waals surface area contributed by atoms with Crippen LogP contribution in [0.2, 0.25) is 5.02 Å². The topological polar surface area (TPSA) is 72.0 Å². The van der Waals surface area contributed by atoms with Crippen molar-refractivity contribution < 1.29 is 4.74 Å². The van der Waals surface area contributed by atoms with E-state index in [9.17, 15) is 0 Å². The van der Waals surface area contributed by atoms with E-state index < -0.39 is 0 Å². The average molecular weight is 416 g/mol. The summed E-state index contributed by atoms with van der Waals surface area (Å²) >= 11 is 8.84. The lowest BCUT2D eigenvalue weighted by molar-refractivity contribution is 0.417. The molecule has 9 heteroatoms. The normalized spacial score (nSPS) is 10.6. The summed E-state index contributed by atoms with van der Waals surface area (Å²) in [5.74, 6) is 0.745. The third-order valence-corrected chi connectivity index (χ3v) is 5.40. The summed E-state index contributed by atoms with van der Waals surface area (Å²) < 4.78 is 5.33. The molecule has 0 aliphatic carbocycles. The molecule has 2 aromatic heterocycles. The molecule has 0 spiro atoms. The molecule has 0 unspecified atom stereocenters. The molecule has 0 bridgehead atoms. The molecule has 0 fully saturated rings. The molecule has 2 heterocycles. The predicted molar refractivity (Wildman–Crippen MR) is 112 cm³/mol. The Morgan fingerprint density at radius 2 is 1.67 bits per heavy atom. The van der Waals surface area contributed by atoms with Crippen molar-refractivity contribution in [2.75, 3.05) is 17.7 Å². The standard InChI is InChI=1S/C18H14ClN5OS2/c1-25-15-5-3-2-4-13(15)20-17-23-24-18(27-17)22-16-21-14(10-26-16)11-6-8-12(19)9-7-11/h2-10H,1H3,(H,20,23)(H,21,22,24). The van der Waals surface area contributed by atoms with E-state index in [1.165, 1.54) is 22.7 Å². The minimum atomic E-state index is 0.657. The van der Waals surface area contributed by atoms with E-state index in [1.54, 1.807) is 7.11 Å². The van der Waals surface area contributed by atoms with Crippen molar-refractivity contribution in [3.05, 3.63) is 58.9 Å². The second kappa shape index (κ2) is 7.91. The van der Waals surface area contributed by atoms with Crippen molar-refractivity contribution >= 4 is 55.4 Å². The summed E-state index contributed by atoms with van der Waals surface area (Å²) in [7, 11) is 1.63. The molecule has 4 rings (SSSR count). The Hall–Kier alpha value is -2.68. The molecule has 2 N–H and O–H groups in total. The molecule has 0 saturated heterocycles. The summed E-state index contributed by atoms with van der Waals surface area (Å²) in [5.41, 5.74) is 2.73. The van der Waals surface area contributed by atoms with Gasteiger partial charge in [-0.2, -0.15) is 0 Å². The SMILES string of the molecule is COc1ccccc1Nc1nnc(Nc2nc(-c3ccc(Cl)cc3)cs2)s1. The smallest absolute Gasteiger partial charge is 0.213 e. The number of benzene rings is 2. The van der Waals surface area contributed by atoms with E-state index >= 15 is 0 Å². The fourth-order valence-corrected chi connectivity index (χ4v) is 3.93. The number of thiazole rings is 1. The maximum Gasteiger partial charge on any atom is 0.213 e. The Morgan fingerprint density at radius 1 is 0.926 bits per heavy atom. The summed E-state index contributed by atoms with van der Waals surface area (Å²) in [5, 5.41) is 19.5. The predicted octanol–water partition coefficient (Wildman–Crippen LogP) is 5.81. The highest BCUT2D eigenvalue weighted by molar-refractivity contribution is 7.19. The fraction of sp³-hybridized carbons (Fsp3) is 0.0556. The lowest BCUT2D eigenvalue weighted by Crippen LogP contribution is -1.93. The van der Waals surface area contributed by atoms with E-state index in [-0.39, 0.29) is 0 Å². The lowest BCUT2D eigenvalue weighted by atomic mass is 10.2. The quantitative estimate of drug-likeness (QED) is 0.414. The molecule has 4 aromatic rings. The van der Waals surface area contributed by atoms with Gasteiger partial charge in [-0.05, 0) is 24.3 Å². The highest BCUT2D eigenvalue weighted by Crippen LogP contribution is 2.32. The van der Waals surface area contributed by atoms with Gasteiger partial charge in [-0.3, -0.25) is 0 Å². The number of ether oxygens (including phenoxy) is 1. The van der Waals surface area contributed by atoms with Gasteiger partial charge in [-0.25, -0.2) is 4.98 Å².